The van der Waals surface area contributed by atoms with Gasteiger partial charge in [0, 0.05) is 0 Å². The van der Waals surface area contributed by atoms with E-state index in [-0.39, 0.29) is 5.75 Å². The van der Waals surface area contributed by atoms with Crippen molar-refractivity contribution in [2.75, 3.05) is 0 Å². The number of benzene rings is 2. The summed E-state index contributed by atoms with van der Waals surface area (Å²) in [7, 11) is 0. The first kappa shape index (κ1) is 15.4. The van der Waals surface area contributed by atoms with Gasteiger partial charge in [0.25, 0.3) is 0 Å². The summed E-state index contributed by atoms with van der Waals surface area (Å²) in [6.07, 6.45) is -4.67. The fraction of sp³-hybridized carbons (Fsp3) is 0.294. The zero-order chi connectivity index (χ0) is 15.8. The van der Waals surface area contributed by atoms with Gasteiger partial charge in [-0.05, 0) is 61.6 Å². The zero-order valence-corrected chi connectivity index (χ0v) is 12.4. The third-order valence-corrected chi connectivity index (χ3v) is 3.64. The average molecular weight is 294 g/mol. The Hall–Kier alpha value is -1.97. The first-order valence-electron chi connectivity index (χ1n) is 6.62. The van der Waals surface area contributed by atoms with Gasteiger partial charge in [-0.3, -0.25) is 0 Å². The molecule has 2 aromatic carbocycles. The molecule has 2 rings (SSSR count). The molecule has 0 radical (unpaired) electrons. The Morgan fingerprint density at radius 1 is 0.810 bits per heavy atom. The van der Waals surface area contributed by atoms with Gasteiger partial charge in [-0.2, -0.15) is 0 Å². The summed E-state index contributed by atoms with van der Waals surface area (Å²) < 4.78 is 41.1. The summed E-state index contributed by atoms with van der Waals surface area (Å²) in [4.78, 5) is 0. The molecule has 0 aromatic heterocycles. The molecule has 21 heavy (non-hydrogen) atoms. The van der Waals surface area contributed by atoms with Gasteiger partial charge in [-0.1, -0.05) is 29.8 Å². The van der Waals surface area contributed by atoms with Crippen LogP contribution in [0, 0.1) is 27.7 Å². The maximum Gasteiger partial charge on any atom is 0.573 e. The molecule has 0 amide bonds. The van der Waals surface area contributed by atoms with Crippen LogP contribution < -0.4 is 4.74 Å². The zero-order valence-electron chi connectivity index (χ0n) is 12.4. The van der Waals surface area contributed by atoms with Crippen LogP contribution in [0.1, 0.15) is 22.3 Å². The first-order valence-corrected chi connectivity index (χ1v) is 6.62. The summed E-state index contributed by atoms with van der Waals surface area (Å²) in [6, 6.07) is 9.11. The molecule has 0 atom stereocenters. The van der Waals surface area contributed by atoms with Crippen LogP contribution in [0.25, 0.3) is 11.1 Å². The topological polar surface area (TPSA) is 9.23 Å². The largest absolute Gasteiger partial charge is 0.573 e. The van der Waals surface area contributed by atoms with Gasteiger partial charge in [0.05, 0.1) is 0 Å². The molecule has 4 heteroatoms. The molecule has 0 bridgehead atoms. The van der Waals surface area contributed by atoms with Crippen LogP contribution in [0.5, 0.6) is 5.75 Å². The molecular weight excluding hydrogens is 277 g/mol. The molecule has 0 aliphatic heterocycles. The van der Waals surface area contributed by atoms with E-state index in [0.29, 0.717) is 5.56 Å². The van der Waals surface area contributed by atoms with Gasteiger partial charge in [0.2, 0.25) is 0 Å². The molecule has 0 fully saturated rings. The second kappa shape index (κ2) is 5.43. The standard InChI is InChI=1S/C17H17F3O/c1-10-5-6-14(11(2)9-10)15-7-8-16(13(4)12(15)3)21-17(18,19)20/h5-9H,1-4H3. The average Bonchev–Trinajstić information content (AvgIpc) is 2.35. The van der Waals surface area contributed by atoms with Gasteiger partial charge >= 0.3 is 6.36 Å². The highest BCUT2D eigenvalue weighted by molar-refractivity contribution is 5.73. The summed E-state index contributed by atoms with van der Waals surface area (Å²) in [6.45, 7) is 7.46. The van der Waals surface area contributed by atoms with E-state index < -0.39 is 6.36 Å². The third-order valence-electron chi connectivity index (χ3n) is 3.64. The van der Waals surface area contributed by atoms with Crippen LogP contribution in [0.15, 0.2) is 30.3 Å². The van der Waals surface area contributed by atoms with Crippen LogP contribution in [0.3, 0.4) is 0 Å². The Morgan fingerprint density at radius 3 is 2.00 bits per heavy atom. The Labute approximate surface area is 122 Å². The van der Waals surface area contributed by atoms with Crippen LogP contribution in [-0.2, 0) is 0 Å². The quantitative estimate of drug-likeness (QED) is 0.712. The first-order chi connectivity index (χ1) is 9.69. The maximum atomic E-state index is 12.4. The van der Waals surface area contributed by atoms with E-state index in [2.05, 4.69) is 10.8 Å². The molecule has 112 valence electrons. The van der Waals surface area contributed by atoms with Crippen molar-refractivity contribution in [2.24, 2.45) is 0 Å². The van der Waals surface area contributed by atoms with E-state index in [4.69, 9.17) is 0 Å². The Bertz CT molecular complexity index is 672. The van der Waals surface area contributed by atoms with Gasteiger partial charge in [0.1, 0.15) is 5.75 Å². The minimum Gasteiger partial charge on any atom is -0.406 e. The molecule has 0 aliphatic carbocycles. The maximum absolute atomic E-state index is 12.4. The van der Waals surface area contributed by atoms with E-state index in [1.807, 2.05) is 32.9 Å². The van der Waals surface area contributed by atoms with Crippen LogP contribution in [0.2, 0.25) is 0 Å². The fourth-order valence-corrected chi connectivity index (χ4v) is 2.44. The third kappa shape index (κ3) is 3.38. The van der Waals surface area contributed by atoms with Gasteiger partial charge in [-0.25, -0.2) is 0 Å². The normalized spacial score (nSPS) is 11.6. The molecule has 0 unspecified atom stereocenters. The lowest BCUT2D eigenvalue weighted by Crippen LogP contribution is -2.18. The fourth-order valence-electron chi connectivity index (χ4n) is 2.44. The molecular formula is C17H17F3O. The Kier molecular flexibility index (Phi) is 3.99. The van der Waals surface area contributed by atoms with Crippen molar-refractivity contribution in [3.05, 3.63) is 52.6 Å². The predicted octanol–water partition coefficient (Wildman–Crippen LogP) is 5.49. The molecule has 0 aliphatic rings. The second-order valence-corrected chi connectivity index (χ2v) is 5.23. The molecule has 0 spiro atoms. The van der Waals surface area contributed by atoms with E-state index in [0.717, 1.165) is 27.8 Å². The smallest absolute Gasteiger partial charge is 0.406 e. The lowest BCUT2D eigenvalue weighted by molar-refractivity contribution is -0.274. The highest BCUT2D eigenvalue weighted by Gasteiger charge is 2.32. The Balaban J connectivity index is 2.50. The molecule has 0 saturated carbocycles. The lowest BCUT2D eigenvalue weighted by Gasteiger charge is -2.17. The van der Waals surface area contributed by atoms with Gasteiger partial charge < -0.3 is 4.74 Å². The van der Waals surface area contributed by atoms with Crippen molar-refractivity contribution in [3.8, 4) is 16.9 Å². The minimum absolute atomic E-state index is 0.145. The highest BCUT2D eigenvalue weighted by atomic mass is 19.4. The van der Waals surface area contributed by atoms with E-state index in [1.165, 1.54) is 6.07 Å². The Morgan fingerprint density at radius 2 is 1.43 bits per heavy atom. The predicted molar refractivity (Wildman–Crippen MR) is 77.5 cm³/mol. The van der Waals surface area contributed by atoms with Crippen LogP contribution in [0.4, 0.5) is 13.2 Å². The number of ether oxygens (including phenoxy) is 1. The van der Waals surface area contributed by atoms with Gasteiger partial charge in [0.15, 0.2) is 0 Å². The molecule has 0 heterocycles. The lowest BCUT2D eigenvalue weighted by atomic mass is 9.93. The van der Waals surface area contributed by atoms with Crippen molar-refractivity contribution in [1.82, 2.24) is 0 Å². The van der Waals surface area contributed by atoms with E-state index in [9.17, 15) is 13.2 Å². The van der Waals surface area contributed by atoms with Crippen molar-refractivity contribution in [1.29, 1.82) is 0 Å². The second-order valence-electron chi connectivity index (χ2n) is 5.23. The summed E-state index contributed by atoms with van der Waals surface area (Å²) in [5.74, 6) is -0.145. The number of alkyl halides is 3. The molecule has 1 nitrogen and oxygen atoms in total. The molecule has 2 aromatic rings. The monoisotopic (exact) mass is 294 g/mol. The van der Waals surface area contributed by atoms with E-state index >= 15 is 0 Å². The SMILES string of the molecule is Cc1ccc(-c2ccc(OC(F)(F)F)c(C)c2C)c(C)c1. The van der Waals surface area contributed by atoms with Crippen LogP contribution in [-0.4, -0.2) is 6.36 Å². The number of aryl methyl sites for hydroxylation is 2. The molecule has 0 saturated heterocycles. The van der Waals surface area contributed by atoms with Crippen molar-refractivity contribution >= 4 is 0 Å². The van der Waals surface area contributed by atoms with Crippen molar-refractivity contribution < 1.29 is 17.9 Å². The van der Waals surface area contributed by atoms with E-state index in [1.54, 1.807) is 13.0 Å². The highest BCUT2D eigenvalue weighted by Crippen LogP contribution is 2.35. The van der Waals surface area contributed by atoms with Gasteiger partial charge in [-0.15, -0.1) is 13.2 Å². The summed E-state index contributed by atoms with van der Waals surface area (Å²) in [5, 5.41) is 0. The minimum atomic E-state index is -4.67. The van der Waals surface area contributed by atoms with Crippen LogP contribution >= 0.6 is 0 Å². The summed E-state index contributed by atoms with van der Waals surface area (Å²) in [5.41, 5.74) is 5.51. The number of rotatable bonds is 2. The number of hydrogen-bond acceptors (Lipinski definition) is 1. The van der Waals surface area contributed by atoms with Crippen molar-refractivity contribution in [3.63, 3.8) is 0 Å². The summed E-state index contributed by atoms with van der Waals surface area (Å²) >= 11 is 0. The number of hydrogen-bond donors (Lipinski definition) is 0. The number of halogens is 3. The molecule has 0 N–H and O–H groups in total. The van der Waals surface area contributed by atoms with Crippen molar-refractivity contribution in [2.45, 2.75) is 34.1 Å².